The first-order valence-electron chi connectivity index (χ1n) is 6.47. The highest BCUT2D eigenvalue weighted by Crippen LogP contribution is 2.38. The summed E-state index contributed by atoms with van der Waals surface area (Å²) in [7, 11) is 0. The van der Waals surface area contributed by atoms with Crippen LogP contribution in [-0.4, -0.2) is 5.97 Å². The van der Waals surface area contributed by atoms with Gasteiger partial charge in [0.05, 0.1) is 5.56 Å². The summed E-state index contributed by atoms with van der Waals surface area (Å²) in [5.41, 5.74) is 6.10. The fraction of sp³-hybridized carbons (Fsp3) is 0.188. The highest BCUT2D eigenvalue weighted by Gasteiger charge is 2.33. The third kappa shape index (κ3) is 3.58. The van der Waals surface area contributed by atoms with E-state index in [0.29, 0.717) is 16.8 Å². The number of alkyl halides is 3. The van der Waals surface area contributed by atoms with Crippen molar-refractivity contribution in [3.8, 4) is 11.1 Å². The molecule has 0 saturated heterocycles. The van der Waals surface area contributed by atoms with Crippen LogP contribution in [0.2, 0.25) is 0 Å². The van der Waals surface area contributed by atoms with Crippen molar-refractivity contribution in [3.63, 3.8) is 0 Å². The fourth-order valence-electron chi connectivity index (χ4n) is 2.14. The predicted molar refractivity (Wildman–Crippen MR) is 76.8 cm³/mol. The van der Waals surface area contributed by atoms with Crippen LogP contribution in [0.1, 0.15) is 18.1 Å². The van der Waals surface area contributed by atoms with E-state index in [4.69, 9.17) is 10.5 Å². The van der Waals surface area contributed by atoms with Crippen LogP contribution in [0.15, 0.2) is 42.5 Å². The molecule has 2 N–H and O–H groups in total. The number of nitrogen functional groups attached to an aromatic ring is 1. The summed E-state index contributed by atoms with van der Waals surface area (Å²) in [5, 5.41) is 0. The van der Waals surface area contributed by atoms with Gasteiger partial charge in [0.2, 0.25) is 0 Å². The molecule has 22 heavy (non-hydrogen) atoms. The number of esters is 1. The van der Waals surface area contributed by atoms with E-state index in [9.17, 15) is 18.0 Å². The maximum absolute atomic E-state index is 13.1. The number of rotatable bonds is 3. The molecule has 116 valence electrons. The average molecular weight is 309 g/mol. The Morgan fingerprint density at radius 3 is 2.45 bits per heavy atom. The lowest BCUT2D eigenvalue weighted by Gasteiger charge is -2.16. The van der Waals surface area contributed by atoms with E-state index in [1.165, 1.54) is 43.3 Å². The SMILES string of the molecule is CC(=O)OCc1cc(N)ccc1-c1ccccc1C(F)(F)F. The van der Waals surface area contributed by atoms with Gasteiger partial charge in [-0.3, -0.25) is 4.79 Å². The van der Waals surface area contributed by atoms with Crippen molar-refractivity contribution >= 4 is 11.7 Å². The van der Waals surface area contributed by atoms with Crippen LogP contribution in [0.25, 0.3) is 11.1 Å². The first-order chi connectivity index (χ1) is 10.3. The molecule has 0 saturated carbocycles. The van der Waals surface area contributed by atoms with Crippen molar-refractivity contribution < 1.29 is 22.7 Å². The summed E-state index contributed by atoms with van der Waals surface area (Å²) in [6.07, 6.45) is -4.48. The minimum absolute atomic E-state index is 0.0251. The molecule has 6 heteroatoms. The third-order valence-corrected chi connectivity index (χ3v) is 3.08. The van der Waals surface area contributed by atoms with Crippen LogP contribution in [-0.2, 0) is 22.3 Å². The van der Waals surface area contributed by atoms with Crippen LogP contribution in [0.3, 0.4) is 0 Å². The predicted octanol–water partition coefficient (Wildman–Crippen LogP) is 4.02. The van der Waals surface area contributed by atoms with Crippen molar-refractivity contribution in [1.82, 2.24) is 0 Å². The van der Waals surface area contributed by atoms with Gasteiger partial charge in [-0.05, 0) is 34.9 Å². The molecule has 0 heterocycles. The van der Waals surface area contributed by atoms with Gasteiger partial charge in [-0.25, -0.2) is 0 Å². The highest BCUT2D eigenvalue weighted by molar-refractivity contribution is 5.73. The second kappa shape index (κ2) is 6.09. The maximum Gasteiger partial charge on any atom is 0.417 e. The number of hydrogen-bond acceptors (Lipinski definition) is 3. The Hall–Kier alpha value is -2.50. The fourth-order valence-corrected chi connectivity index (χ4v) is 2.14. The van der Waals surface area contributed by atoms with Gasteiger partial charge >= 0.3 is 12.1 Å². The van der Waals surface area contributed by atoms with Crippen LogP contribution in [0.5, 0.6) is 0 Å². The molecule has 2 aromatic rings. The third-order valence-electron chi connectivity index (χ3n) is 3.08. The molecular weight excluding hydrogens is 295 g/mol. The van der Waals surface area contributed by atoms with Crippen LogP contribution >= 0.6 is 0 Å². The van der Waals surface area contributed by atoms with Crippen molar-refractivity contribution in [2.45, 2.75) is 19.7 Å². The minimum Gasteiger partial charge on any atom is -0.461 e. The Balaban J connectivity index is 2.56. The molecular formula is C16H14F3NO2. The maximum atomic E-state index is 13.1. The standard InChI is InChI=1S/C16H14F3NO2/c1-10(21)22-9-11-8-12(20)6-7-13(11)14-4-2-3-5-15(14)16(17,18)19/h2-8H,9,20H2,1H3. The lowest BCUT2D eigenvalue weighted by Crippen LogP contribution is -2.08. The zero-order chi connectivity index (χ0) is 16.3. The van der Waals surface area contributed by atoms with Crippen molar-refractivity contribution in [2.24, 2.45) is 0 Å². The smallest absolute Gasteiger partial charge is 0.417 e. The Morgan fingerprint density at radius 2 is 1.82 bits per heavy atom. The largest absolute Gasteiger partial charge is 0.461 e. The summed E-state index contributed by atoms with van der Waals surface area (Å²) in [5.74, 6) is -0.516. The minimum atomic E-state index is -4.48. The van der Waals surface area contributed by atoms with Gasteiger partial charge in [-0.1, -0.05) is 24.3 Å². The van der Waals surface area contributed by atoms with Crippen molar-refractivity contribution in [3.05, 3.63) is 53.6 Å². The summed E-state index contributed by atoms with van der Waals surface area (Å²) in [6, 6.07) is 9.77. The zero-order valence-corrected chi connectivity index (χ0v) is 11.8. The van der Waals surface area contributed by atoms with E-state index in [1.807, 2.05) is 0 Å². The van der Waals surface area contributed by atoms with E-state index >= 15 is 0 Å². The highest BCUT2D eigenvalue weighted by atomic mass is 19.4. The Labute approximate surface area is 125 Å². The molecule has 0 spiro atoms. The number of nitrogens with two attached hydrogens (primary N) is 1. The topological polar surface area (TPSA) is 52.3 Å². The lowest BCUT2D eigenvalue weighted by molar-refractivity contribution is -0.142. The molecule has 0 fully saturated rings. The number of halogens is 3. The summed E-state index contributed by atoms with van der Waals surface area (Å²) < 4.78 is 44.3. The molecule has 0 unspecified atom stereocenters. The molecule has 3 nitrogen and oxygen atoms in total. The van der Waals surface area contributed by atoms with E-state index in [2.05, 4.69) is 0 Å². The van der Waals surface area contributed by atoms with Crippen LogP contribution < -0.4 is 5.73 Å². The number of carbonyl (C=O) groups is 1. The Bertz CT molecular complexity index is 696. The first-order valence-corrected chi connectivity index (χ1v) is 6.47. The molecule has 2 aromatic carbocycles. The number of ether oxygens (including phenoxy) is 1. The van der Waals surface area contributed by atoms with Gasteiger partial charge in [0.1, 0.15) is 6.61 Å². The lowest BCUT2D eigenvalue weighted by atomic mass is 9.95. The average Bonchev–Trinajstić information content (AvgIpc) is 2.44. The first kappa shape index (κ1) is 15.9. The quantitative estimate of drug-likeness (QED) is 0.688. The monoisotopic (exact) mass is 309 g/mol. The van der Waals surface area contributed by atoms with Gasteiger partial charge in [0.15, 0.2) is 0 Å². The molecule has 0 aliphatic rings. The van der Waals surface area contributed by atoms with E-state index in [-0.39, 0.29) is 12.2 Å². The number of carbonyl (C=O) groups excluding carboxylic acids is 1. The number of benzene rings is 2. The van der Waals surface area contributed by atoms with Crippen LogP contribution in [0, 0.1) is 0 Å². The second-order valence-corrected chi connectivity index (χ2v) is 4.74. The zero-order valence-electron chi connectivity index (χ0n) is 11.8. The van der Waals surface area contributed by atoms with Gasteiger partial charge in [0.25, 0.3) is 0 Å². The van der Waals surface area contributed by atoms with Gasteiger partial charge in [-0.15, -0.1) is 0 Å². The molecule has 0 atom stereocenters. The molecule has 0 aliphatic heterocycles. The molecule has 0 radical (unpaired) electrons. The molecule has 0 aromatic heterocycles. The van der Waals surface area contributed by atoms with E-state index < -0.39 is 17.7 Å². The van der Waals surface area contributed by atoms with E-state index in [1.54, 1.807) is 0 Å². The normalized spacial score (nSPS) is 11.3. The van der Waals surface area contributed by atoms with E-state index in [0.717, 1.165) is 6.07 Å². The number of hydrogen-bond donors (Lipinski definition) is 1. The van der Waals surface area contributed by atoms with Gasteiger partial charge in [-0.2, -0.15) is 13.2 Å². The Morgan fingerprint density at radius 1 is 1.14 bits per heavy atom. The molecule has 0 bridgehead atoms. The molecule has 2 rings (SSSR count). The van der Waals surface area contributed by atoms with Gasteiger partial charge < -0.3 is 10.5 Å². The summed E-state index contributed by atoms with van der Waals surface area (Å²) in [4.78, 5) is 10.9. The Kier molecular flexibility index (Phi) is 4.40. The van der Waals surface area contributed by atoms with Crippen LogP contribution in [0.4, 0.5) is 18.9 Å². The number of anilines is 1. The second-order valence-electron chi connectivity index (χ2n) is 4.74. The van der Waals surface area contributed by atoms with Crippen molar-refractivity contribution in [1.29, 1.82) is 0 Å². The van der Waals surface area contributed by atoms with Crippen molar-refractivity contribution in [2.75, 3.05) is 5.73 Å². The van der Waals surface area contributed by atoms with Gasteiger partial charge in [0, 0.05) is 12.6 Å². The summed E-state index contributed by atoms with van der Waals surface area (Å²) >= 11 is 0. The molecule has 0 aliphatic carbocycles. The summed E-state index contributed by atoms with van der Waals surface area (Å²) in [6.45, 7) is 1.09. The molecule has 0 amide bonds.